The first-order chi connectivity index (χ1) is 30.8. The summed E-state index contributed by atoms with van der Waals surface area (Å²) in [7, 11) is 0. The van der Waals surface area contributed by atoms with Crippen LogP contribution in [0.15, 0.2) is 230 Å². The van der Waals surface area contributed by atoms with E-state index in [-0.39, 0.29) is 29.9 Å². The molecule has 0 aliphatic carbocycles. The molecule has 0 atom stereocenters. The van der Waals surface area contributed by atoms with Gasteiger partial charge < -0.3 is 9.47 Å². The van der Waals surface area contributed by atoms with E-state index in [2.05, 4.69) is 163 Å². The van der Waals surface area contributed by atoms with E-state index in [0.29, 0.717) is 0 Å². The van der Waals surface area contributed by atoms with Gasteiger partial charge in [0.15, 0.2) is 0 Å². The Morgan fingerprint density at radius 2 is 0.948 bits per heavy atom. The molecule has 1 aromatic heterocycles. The number of aromatic nitrogens is 1. The highest BCUT2D eigenvalue weighted by Crippen LogP contribution is 2.42. The Morgan fingerprint density at radius 1 is 0.362 bits per heavy atom. The molecule has 0 aliphatic rings. The molecule has 2 heteroatoms. The summed E-state index contributed by atoms with van der Waals surface area (Å²) >= 11 is 0. The molecule has 0 spiro atoms. The van der Waals surface area contributed by atoms with Gasteiger partial charge in [-0.3, -0.25) is 0 Å². The predicted molar refractivity (Wildman–Crippen MR) is 247 cm³/mol. The fourth-order valence-corrected chi connectivity index (χ4v) is 8.54. The lowest BCUT2D eigenvalue weighted by Crippen LogP contribution is -2.10. The van der Waals surface area contributed by atoms with Crippen LogP contribution in [0.4, 0.5) is 17.1 Å². The van der Waals surface area contributed by atoms with Gasteiger partial charge in [-0.15, -0.1) is 0 Å². The topological polar surface area (TPSA) is 8.17 Å². The summed E-state index contributed by atoms with van der Waals surface area (Å²) in [5.41, 5.74) is 11.1. The van der Waals surface area contributed by atoms with E-state index in [1.54, 1.807) is 0 Å². The summed E-state index contributed by atoms with van der Waals surface area (Å²) in [5, 5.41) is 6.80. The van der Waals surface area contributed by atoms with Crippen molar-refractivity contribution in [3.63, 3.8) is 0 Å². The first-order valence-corrected chi connectivity index (χ1v) is 19.5. The van der Waals surface area contributed by atoms with Crippen LogP contribution in [-0.2, 0) is 0 Å². The van der Waals surface area contributed by atoms with Crippen molar-refractivity contribution in [2.75, 3.05) is 4.90 Å². The fourth-order valence-electron chi connectivity index (χ4n) is 8.54. The maximum Gasteiger partial charge on any atom is 0.0645 e. The van der Waals surface area contributed by atoms with Crippen molar-refractivity contribution in [1.82, 2.24) is 4.57 Å². The second-order valence-corrected chi connectivity index (χ2v) is 14.6. The van der Waals surface area contributed by atoms with Gasteiger partial charge in [0, 0.05) is 33.5 Å². The van der Waals surface area contributed by atoms with Gasteiger partial charge in [0.1, 0.15) is 0 Å². The van der Waals surface area contributed by atoms with Gasteiger partial charge in [-0.1, -0.05) is 164 Å². The zero-order valence-electron chi connectivity index (χ0n) is 36.4. The van der Waals surface area contributed by atoms with Gasteiger partial charge in [-0.05, 0) is 122 Å². The molecule has 0 saturated carbocycles. The zero-order chi connectivity index (χ0) is 42.8. The van der Waals surface area contributed by atoms with E-state index in [9.17, 15) is 0 Å². The van der Waals surface area contributed by atoms with Crippen LogP contribution in [0.3, 0.4) is 0 Å². The third kappa shape index (κ3) is 5.82. The highest BCUT2D eigenvalue weighted by atomic mass is 15.1. The molecule has 2 nitrogen and oxygen atoms in total. The van der Waals surface area contributed by atoms with Crippen molar-refractivity contribution in [3.05, 3.63) is 230 Å². The minimum absolute atomic E-state index is 0.129. The third-order valence-electron chi connectivity index (χ3n) is 11.3. The Morgan fingerprint density at radius 3 is 1.74 bits per heavy atom. The molecule has 11 aromatic rings. The molecule has 10 aromatic carbocycles. The SMILES string of the molecule is [2H]c1c([2H])c([2H])c(-n2c3ccccc3c3c(-c4cccc(N(c5ccc(-c6ccccc6)cc5)c5ccc(-c6ccc7c(ccc8ccccc87)c6)cc5)c4)cccc32)c([2H])c1[2H]. The van der Waals surface area contributed by atoms with Crippen molar-refractivity contribution < 1.29 is 6.85 Å². The normalized spacial score (nSPS) is 12.7. The predicted octanol–water partition coefficient (Wildman–Crippen LogP) is 15.6. The number of hydrogen-bond donors (Lipinski definition) is 0. The molecule has 58 heavy (non-hydrogen) atoms. The Balaban J connectivity index is 1.05. The first kappa shape index (κ1) is 28.7. The average Bonchev–Trinajstić information content (AvgIpc) is 3.67. The van der Waals surface area contributed by atoms with Crippen LogP contribution >= 0.6 is 0 Å². The number of hydrogen-bond acceptors (Lipinski definition) is 1. The van der Waals surface area contributed by atoms with E-state index >= 15 is 0 Å². The van der Waals surface area contributed by atoms with Crippen LogP contribution in [0.2, 0.25) is 0 Å². The lowest BCUT2D eigenvalue weighted by atomic mass is 9.97. The van der Waals surface area contributed by atoms with E-state index in [1.807, 2.05) is 47.0 Å². The van der Waals surface area contributed by atoms with Crippen molar-refractivity contribution >= 4 is 60.4 Å². The second kappa shape index (κ2) is 14.1. The second-order valence-electron chi connectivity index (χ2n) is 14.6. The van der Waals surface area contributed by atoms with Gasteiger partial charge in [-0.25, -0.2) is 0 Å². The Labute approximate surface area is 345 Å². The van der Waals surface area contributed by atoms with Gasteiger partial charge in [0.2, 0.25) is 0 Å². The van der Waals surface area contributed by atoms with E-state index in [1.165, 1.54) is 21.5 Å². The number of nitrogens with zero attached hydrogens (tertiary/aromatic N) is 2. The Bertz CT molecular complexity index is 3530. The highest BCUT2D eigenvalue weighted by Gasteiger charge is 2.18. The minimum atomic E-state index is -0.413. The van der Waals surface area contributed by atoms with Crippen LogP contribution in [0.5, 0.6) is 0 Å². The molecule has 272 valence electrons. The fraction of sp³-hybridized carbons (Fsp3) is 0. The Kier molecular flexibility index (Phi) is 6.98. The smallest absolute Gasteiger partial charge is 0.0645 e. The molecule has 11 rings (SSSR count). The van der Waals surface area contributed by atoms with Gasteiger partial charge in [-0.2, -0.15) is 0 Å². The van der Waals surface area contributed by atoms with Crippen molar-refractivity contribution in [3.8, 4) is 39.1 Å². The molecule has 0 aliphatic heterocycles. The van der Waals surface area contributed by atoms with Gasteiger partial charge in [0.25, 0.3) is 0 Å². The summed E-state index contributed by atoms with van der Waals surface area (Å²) in [6.07, 6.45) is 0. The molecule has 0 N–H and O–H groups in total. The molecule has 0 fully saturated rings. The summed E-state index contributed by atoms with van der Waals surface area (Å²) in [4.78, 5) is 2.28. The molecule has 0 bridgehead atoms. The number of rotatable bonds is 7. The quantitative estimate of drug-likeness (QED) is 0.148. The maximum absolute atomic E-state index is 8.90. The summed E-state index contributed by atoms with van der Waals surface area (Å²) in [5.74, 6) is 0. The van der Waals surface area contributed by atoms with Crippen molar-refractivity contribution in [1.29, 1.82) is 0 Å². The monoisotopic (exact) mass is 743 g/mol. The van der Waals surface area contributed by atoms with Crippen LogP contribution in [0, 0.1) is 0 Å². The zero-order valence-corrected chi connectivity index (χ0v) is 31.4. The van der Waals surface area contributed by atoms with Crippen LogP contribution in [-0.4, -0.2) is 4.57 Å². The molecular formula is C56H38N2. The molecule has 1 heterocycles. The summed E-state index contributed by atoms with van der Waals surface area (Å²) in [6.45, 7) is 0. The maximum atomic E-state index is 8.90. The lowest BCUT2D eigenvalue weighted by molar-refractivity contribution is 1.18. The number of para-hydroxylation sites is 2. The van der Waals surface area contributed by atoms with Gasteiger partial charge >= 0.3 is 0 Å². The molecule has 0 amide bonds. The molecular weight excluding hydrogens is 701 g/mol. The van der Waals surface area contributed by atoms with E-state index < -0.39 is 6.04 Å². The van der Waals surface area contributed by atoms with Crippen molar-refractivity contribution in [2.45, 2.75) is 0 Å². The Hall–Kier alpha value is -7.68. The summed E-state index contributed by atoms with van der Waals surface area (Å²) in [6, 6.07) is 68.3. The largest absolute Gasteiger partial charge is 0.310 e. The van der Waals surface area contributed by atoms with E-state index in [4.69, 9.17) is 6.85 Å². The minimum Gasteiger partial charge on any atom is -0.310 e. The van der Waals surface area contributed by atoms with Crippen molar-refractivity contribution in [2.24, 2.45) is 0 Å². The third-order valence-corrected chi connectivity index (χ3v) is 11.3. The average molecular weight is 744 g/mol. The molecule has 0 saturated heterocycles. The molecule has 0 unspecified atom stereocenters. The molecule has 0 radical (unpaired) electrons. The van der Waals surface area contributed by atoms with Crippen LogP contribution in [0.25, 0.3) is 82.4 Å². The lowest BCUT2D eigenvalue weighted by Gasteiger charge is -2.26. The highest BCUT2D eigenvalue weighted by molar-refractivity contribution is 6.16. The first-order valence-electron chi connectivity index (χ1n) is 22.0. The number of fused-ring (bicyclic) bond motifs is 6. The van der Waals surface area contributed by atoms with E-state index in [0.717, 1.165) is 72.2 Å². The van der Waals surface area contributed by atoms with Crippen LogP contribution < -0.4 is 4.90 Å². The van der Waals surface area contributed by atoms with Gasteiger partial charge in [0.05, 0.1) is 17.9 Å². The number of anilines is 3. The van der Waals surface area contributed by atoms with Crippen LogP contribution in [0.1, 0.15) is 6.85 Å². The number of benzene rings is 10. The standard InChI is InChI=1S/C56H38N2/c1-3-13-39(14-4-1)40-27-32-47(33-28-40)57(48-34-29-41(30-35-48)43-31-36-51-45(37-43)26-25-42-15-7-8-20-50(42)51)49-19-11-16-44(38-49)52-22-12-24-55-56(52)53-21-9-10-23-54(53)58(55)46-17-5-2-6-18-46/h1-38H/i2D,5D,6D,17D,18D. The summed E-state index contributed by atoms with van der Waals surface area (Å²) < 4.78 is 44.8.